The van der Waals surface area contributed by atoms with E-state index in [4.69, 9.17) is 14.2 Å². The standard InChI is InChI=1S/C25H25N3O8S2.Na/c1-15-12-26-25(16(2)24(15)35-4)37(31)14-21-27-19-6-5-7-20(34-3)23(19)28(21)38(32,33)18-10-8-17(9-11-18)36-13-22(29)30;/h5-12H,13-14H2,1-4H3,(H,29,30);/q;+1/p-1. The number of aromatic nitrogens is 3. The summed E-state index contributed by atoms with van der Waals surface area (Å²) >= 11 is 0. The van der Waals surface area contributed by atoms with Crippen molar-refractivity contribution in [3.05, 3.63) is 65.6 Å². The number of rotatable bonds is 10. The summed E-state index contributed by atoms with van der Waals surface area (Å²) in [5.74, 6) is -0.697. The molecule has 0 fully saturated rings. The van der Waals surface area contributed by atoms with Gasteiger partial charge >= 0.3 is 29.6 Å². The van der Waals surface area contributed by atoms with Gasteiger partial charge in [-0.1, -0.05) is 6.07 Å². The number of carbonyl (C=O) groups is 1. The minimum absolute atomic E-state index is 0. The van der Waals surface area contributed by atoms with Crippen LogP contribution in [0.4, 0.5) is 0 Å². The molecule has 0 amide bonds. The predicted molar refractivity (Wildman–Crippen MR) is 136 cm³/mol. The smallest absolute Gasteiger partial charge is 0.546 e. The Morgan fingerprint density at radius 3 is 2.38 bits per heavy atom. The Morgan fingerprint density at radius 2 is 1.77 bits per heavy atom. The van der Waals surface area contributed by atoms with Gasteiger partial charge in [0.15, 0.2) is 0 Å². The van der Waals surface area contributed by atoms with E-state index in [0.29, 0.717) is 16.8 Å². The number of para-hydroxylation sites is 1. The number of aliphatic carboxylic acids is 1. The van der Waals surface area contributed by atoms with Crippen molar-refractivity contribution in [2.75, 3.05) is 20.8 Å². The van der Waals surface area contributed by atoms with E-state index in [1.807, 2.05) is 6.92 Å². The molecule has 4 aromatic rings. The third-order valence-corrected chi connectivity index (χ3v) is 8.78. The number of methoxy groups -OCH3 is 2. The second-order valence-electron chi connectivity index (χ2n) is 8.15. The van der Waals surface area contributed by atoms with Crippen molar-refractivity contribution in [2.24, 2.45) is 0 Å². The molecule has 0 aliphatic carbocycles. The molecule has 39 heavy (non-hydrogen) atoms. The number of benzene rings is 2. The fraction of sp³-hybridized carbons (Fsp3) is 0.240. The third-order valence-electron chi connectivity index (χ3n) is 5.68. The van der Waals surface area contributed by atoms with Crippen molar-refractivity contribution in [1.29, 1.82) is 0 Å². The molecule has 2 aromatic heterocycles. The largest absolute Gasteiger partial charge is 1.00 e. The van der Waals surface area contributed by atoms with Crippen molar-refractivity contribution >= 4 is 37.8 Å². The number of carbonyl (C=O) groups excluding carboxylic acids is 1. The molecule has 0 bridgehead atoms. The first kappa shape index (κ1) is 30.6. The Hall–Kier alpha value is -2.97. The first-order valence-electron chi connectivity index (χ1n) is 11.2. The quantitative estimate of drug-likeness (QED) is 0.208. The second kappa shape index (κ2) is 12.5. The van der Waals surface area contributed by atoms with Crippen LogP contribution in [0.1, 0.15) is 17.0 Å². The summed E-state index contributed by atoms with van der Waals surface area (Å²) in [6.45, 7) is 2.88. The molecule has 1 atom stereocenters. The van der Waals surface area contributed by atoms with Gasteiger partial charge in [-0.2, -0.15) is 0 Å². The van der Waals surface area contributed by atoms with Gasteiger partial charge in [-0.05, 0) is 50.2 Å². The Bertz CT molecular complexity index is 1650. The molecule has 2 heterocycles. The van der Waals surface area contributed by atoms with Crippen LogP contribution in [0.15, 0.2) is 58.6 Å². The van der Waals surface area contributed by atoms with E-state index in [0.717, 1.165) is 9.54 Å². The Labute approximate surface area is 249 Å². The van der Waals surface area contributed by atoms with Crippen LogP contribution in [0, 0.1) is 13.8 Å². The van der Waals surface area contributed by atoms with E-state index in [2.05, 4.69) is 9.97 Å². The number of fused-ring (bicyclic) bond motifs is 1. The van der Waals surface area contributed by atoms with Gasteiger partial charge in [-0.15, -0.1) is 0 Å². The molecule has 0 spiro atoms. The Morgan fingerprint density at radius 1 is 1.08 bits per heavy atom. The average Bonchev–Trinajstić information content (AvgIpc) is 3.26. The van der Waals surface area contributed by atoms with Gasteiger partial charge < -0.3 is 24.1 Å². The van der Waals surface area contributed by atoms with Crippen LogP contribution in [0.2, 0.25) is 0 Å². The van der Waals surface area contributed by atoms with E-state index < -0.39 is 33.4 Å². The van der Waals surface area contributed by atoms with Crippen LogP contribution in [-0.4, -0.2) is 53.4 Å². The van der Waals surface area contributed by atoms with Gasteiger partial charge in [-0.25, -0.2) is 22.4 Å². The number of aryl methyl sites for hydroxylation is 1. The maximum atomic E-state index is 13.9. The molecule has 14 heteroatoms. The minimum atomic E-state index is -4.28. The predicted octanol–water partition coefficient (Wildman–Crippen LogP) is -1.26. The van der Waals surface area contributed by atoms with Crippen LogP contribution >= 0.6 is 0 Å². The molecule has 0 aliphatic heterocycles. The number of ether oxygens (including phenoxy) is 3. The van der Waals surface area contributed by atoms with Crippen molar-refractivity contribution in [3.8, 4) is 17.2 Å². The van der Waals surface area contributed by atoms with Gasteiger partial charge in [-0.3, -0.25) is 4.21 Å². The van der Waals surface area contributed by atoms with Crippen LogP contribution in [0.5, 0.6) is 17.2 Å². The van der Waals surface area contributed by atoms with Crippen molar-refractivity contribution < 1.29 is 66.3 Å². The fourth-order valence-electron chi connectivity index (χ4n) is 4.02. The zero-order chi connectivity index (χ0) is 27.6. The van der Waals surface area contributed by atoms with Gasteiger partial charge in [0, 0.05) is 17.3 Å². The molecule has 200 valence electrons. The summed E-state index contributed by atoms with van der Waals surface area (Å²) in [4.78, 5) is 19.3. The first-order valence-corrected chi connectivity index (χ1v) is 14.0. The third kappa shape index (κ3) is 6.12. The Balaban J connectivity index is 0.00000420. The monoisotopic (exact) mass is 581 g/mol. The number of carboxylic acid groups (broad SMARTS) is 1. The van der Waals surface area contributed by atoms with Crippen LogP contribution in [0.3, 0.4) is 0 Å². The molecule has 0 saturated heterocycles. The zero-order valence-corrected chi connectivity index (χ0v) is 25.6. The summed E-state index contributed by atoms with van der Waals surface area (Å²) in [6.07, 6.45) is 1.55. The molecule has 4 rings (SSSR count). The van der Waals surface area contributed by atoms with Gasteiger partial charge in [0.2, 0.25) is 0 Å². The summed E-state index contributed by atoms with van der Waals surface area (Å²) in [7, 11) is -3.14. The van der Waals surface area contributed by atoms with Crippen LogP contribution in [-0.2, 0) is 31.4 Å². The molecular weight excluding hydrogens is 557 g/mol. The van der Waals surface area contributed by atoms with E-state index in [-0.39, 0.29) is 68.1 Å². The summed E-state index contributed by atoms with van der Waals surface area (Å²) in [6, 6.07) is 10.1. The number of hydrogen-bond acceptors (Lipinski definition) is 10. The maximum Gasteiger partial charge on any atom is 1.00 e. The topological polar surface area (TPSA) is 150 Å². The molecule has 0 N–H and O–H groups in total. The molecular formula is C25H24N3NaO8S2. The van der Waals surface area contributed by atoms with Crippen molar-refractivity contribution in [3.63, 3.8) is 0 Å². The summed E-state index contributed by atoms with van der Waals surface area (Å²) < 4.78 is 58.2. The second-order valence-corrected chi connectivity index (χ2v) is 11.3. The van der Waals surface area contributed by atoms with E-state index in [1.165, 1.54) is 38.5 Å². The first-order chi connectivity index (χ1) is 18.1. The summed E-state index contributed by atoms with van der Waals surface area (Å²) in [5, 5.41) is 10.9. The molecule has 0 radical (unpaired) electrons. The van der Waals surface area contributed by atoms with E-state index in [9.17, 15) is 22.5 Å². The number of carboxylic acids is 1. The SMILES string of the molecule is COc1c(C)cnc(S(=O)Cc2nc3cccc(OC)c3n2S(=O)(=O)c2ccc(OCC(=O)[O-])cc2)c1C.[Na+]. The molecule has 1 unspecified atom stereocenters. The zero-order valence-electron chi connectivity index (χ0n) is 22.0. The van der Waals surface area contributed by atoms with Gasteiger partial charge in [0.05, 0.1) is 47.2 Å². The number of pyridine rings is 1. The number of imidazole rings is 1. The molecule has 0 aliphatic rings. The Kier molecular flexibility index (Phi) is 9.78. The molecule has 2 aromatic carbocycles. The average molecular weight is 582 g/mol. The van der Waals surface area contributed by atoms with Crippen molar-refractivity contribution in [1.82, 2.24) is 13.9 Å². The number of nitrogens with zero attached hydrogens (tertiary/aromatic N) is 3. The normalized spacial score (nSPS) is 12.0. The van der Waals surface area contributed by atoms with Crippen molar-refractivity contribution in [2.45, 2.75) is 29.5 Å². The van der Waals surface area contributed by atoms with Crippen LogP contribution in [0.25, 0.3) is 11.0 Å². The summed E-state index contributed by atoms with van der Waals surface area (Å²) in [5.41, 5.74) is 1.88. The van der Waals surface area contributed by atoms with Crippen LogP contribution < -0.4 is 48.9 Å². The van der Waals surface area contributed by atoms with Gasteiger partial charge in [0.1, 0.15) is 40.2 Å². The fourth-order valence-corrected chi connectivity index (χ4v) is 6.77. The van der Waals surface area contributed by atoms with Gasteiger partial charge in [0.25, 0.3) is 10.0 Å². The molecule has 11 nitrogen and oxygen atoms in total. The van der Waals surface area contributed by atoms with E-state index >= 15 is 0 Å². The minimum Gasteiger partial charge on any atom is -0.546 e. The maximum absolute atomic E-state index is 13.9. The molecule has 0 saturated carbocycles. The van der Waals surface area contributed by atoms with E-state index in [1.54, 1.807) is 31.3 Å². The number of hydrogen-bond donors (Lipinski definition) is 0.